The molecule has 2 rings (SSSR count). The third-order valence-corrected chi connectivity index (χ3v) is 5.07. The fourth-order valence-electron chi connectivity index (χ4n) is 2.06. The monoisotopic (exact) mass is 405 g/mol. The molecular formula is C14H13FINO2S. The molecule has 0 fully saturated rings. The Labute approximate surface area is 133 Å². The SMILES string of the molecule is CC(C)c1c(-c2ccc(F)cc2I)sc(C(=O)O)c1N. The quantitative estimate of drug-likeness (QED) is 0.736. The van der Waals surface area contributed by atoms with Crippen LogP contribution in [0.5, 0.6) is 0 Å². The summed E-state index contributed by atoms with van der Waals surface area (Å²) in [5, 5.41) is 9.21. The lowest BCUT2D eigenvalue weighted by Crippen LogP contribution is -2.01. The van der Waals surface area contributed by atoms with Crippen molar-refractivity contribution in [3.63, 3.8) is 0 Å². The van der Waals surface area contributed by atoms with Crippen molar-refractivity contribution in [1.82, 2.24) is 0 Å². The van der Waals surface area contributed by atoms with Crippen molar-refractivity contribution in [1.29, 1.82) is 0 Å². The van der Waals surface area contributed by atoms with Gasteiger partial charge in [0.25, 0.3) is 0 Å². The van der Waals surface area contributed by atoms with Crippen LogP contribution in [0.1, 0.15) is 35.0 Å². The number of halogens is 2. The van der Waals surface area contributed by atoms with Gasteiger partial charge in [0, 0.05) is 14.0 Å². The molecule has 0 saturated carbocycles. The number of nitrogens with two attached hydrogens (primary N) is 1. The van der Waals surface area contributed by atoms with Crippen molar-refractivity contribution >= 4 is 45.6 Å². The summed E-state index contributed by atoms with van der Waals surface area (Å²) in [6, 6.07) is 4.47. The number of nitrogen functional groups attached to an aromatic ring is 1. The van der Waals surface area contributed by atoms with Crippen LogP contribution in [-0.2, 0) is 0 Å². The summed E-state index contributed by atoms with van der Waals surface area (Å²) in [5.41, 5.74) is 7.92. The Morgan fingerprint density at radius 3 is 2.60 bits per heavy atom. The topological polar surface area (TPSA) is 63.3 Å². The lowest BCUT2D eigenvalue weighted by molar-refractivity contribution is 0.0703. The van der Waals surface area contributed by atoms with Gasteiger partial charge in [-0.1, -0.05) is 13.8 Å². The zero-order valence-electron chi connectivity index (χ0n) is 10.9. The predicted octanol–water partition coefficient (Wildman–Crippen LogP) is 4.56. The van der Waals surface area contributed by atoms with Crippen molar-refractivity contribution in [3.05, 3.63) is 38.0 Å². The minimum Gasteiger partial charge on any atom is -0.477 e. The number of anilines is 1. The summed E-state index contributed by atoms with van der Waals surface area (Å²) in [4.78, 5) is 12.2. The van der Waals surface area contributed by atoms with E-state index in [1.807, 2.05) is 36.4 Å². The molecule has 0 amide bonds. The van der Waals surface area contributed by atoms with Crippen LogP contribution in [0.4, 0.5) is 10.1 Å². The molecule has 0 aliphatic heterocycles. The highest BCUT2D eigenvalue weighted by atomic mass is 127. The Morgan fingerprint density at radius 1 is 1.45 bits per heavy atom. The van der Waals surface area contributed by atoms with E-state index in [1.165, 1.54) is 12.1 Å². The number of aromatic carboxylic acids is 1. The van der Waals surface area contributed by atoms with Gasteiger partial charge in [-0.15, -0.1) is 11.3 Å². The number of carboxylic acid groups (broad SMARTS) is 1. The first-order valence-electron chi connectivity index (χ1n) is 5.93. The third kappa shape index (κ3) is 2.67. The van der Waals surface area contributed by atoms with Gasteiger partial charge >= 0.3 is 5.97 Å². The van der Waals surface area contributed by atoms with Gasteiger partial charge in [-0.25, -0.2) is 9.18 Å². The molecule has 0 radical (unpaired) electrons. The Kier molecular flexibility index (Phi) is 4.33. The number of hydrogen-bond donors (Lipinski definition) is 2. The van der Waals surface area contributed by atoms with Crippen molar-refractivity contribution in [2.45, 2.75) is 19.8 Å². The van der Waals surface area contributed by atoms with E-state index in [0.29, 0.717) is 5.69 Å². The van der Waals surface area contributed by atoms with Gasteiger partial charge in [-0.3, -0.25) is 0 Å². The highest BCUT2D eigenvalue weighted by Crippen LogP contribution is 2.44. The number of benzene rings is 1. The summed E-state index contributed by atoms with van der Waals surface area (Å²) >= 11 is 3.19. The molecule has 0 saturated heterocycles. The normalized spacial score (nSPS) is 11.1. The lowest BCUT2D eigenvalue weighted by atomic mass is 9.98. The average molecular weight is 405 g/mol. The van der Waals surface area contributed by atoms with Gasteiger partial charge in [0.15, 0.2) is 0 Å². The van der Waals surface area contributed by atoms with E-state index in [-0.39, 0.29) is 16.6 Å². The Morgan fingerprint density at radius 2 is 2.10 bits per heavy atom. The molecule has 1 aromatic carbocycles. The predicted molar refractivity (Wildman–Crippen MR) is 87.9 cm³/mol. The van der Waals surface area contributed by atoms with Crippen LogP contribution >= 0.6 is 33.9 Å². The number of carboxylic acids is 1. The fraction of sp³-hybridized carbons (Fsp3) is 0.214. The second kappa shape index (κ2) is 5.69. The van der Waals surface area contributed by atoms with Crippen molar-refractivity contribution in [2.75, 3.05) is 5.73 Å². The highest BCUT2D eigenvalue weighted by Gasteiger charge is 2.24. The zero-order chi connectivity index (χ0) is 15.0. The maximum absolute atomic E-state index is 13.2. The summed E-state index contributed by atoms with van der Waals surface area (Å²) in [6.45, 7) is 3.92. The maximum atomic E-state index is 13.2. The van der Waals surface area contributed by atoms with Crippen molar-refractivity contribution < 1.29 is 14.3 Å². The van der Waals surface area contributed by atoms with Gasteiger partial charge in [-0.05, 0) is 52.3 Å². The van der Waals surface area contributed by atoms with Crippen LogP contribution in [0.25, 0.3) is 10.4 Å². The number of hydrogen-bond acceptors (Lipinski definition) is 3. The van der Waals surface area contributed by atoms with E-state index in [4.69, 9.17) is 5.73 Å². The molecule has 3 N–H and O–H groups in total. The standard InChI is InChI=1S/C14H13FINO2S/c1-6(2)10-11(17)13(14(18)19)20-12(10)8-4-3-7(15)5-9(8)16/h3-6H,17H2,1-2H3,(H,18,19). The summed E-state index contributed by atoms with van der Waals surface area (Å²) in [7, 11) is 0. The molecule has 2 aromatic rings. The largest absolute Gasteiger partial charge is 0.477 e. The minimum absolute atomic E-state index is 0.0928. The molecule has 0 aliphatic carbocycles. The van der Waals surface area contributed by atoms with E-state index in [1.54, 1.807) is 6.07 Å². The Bertz CT molecular complexity index is 682. The van der Waals surface area contributed by atoms with E-state index >= 15 is 0 Å². The van der Waals surface area contributed by atoms with Crippen molar-refractivity contribution in [2.24, 2.45) is 0 Å². The van der Waals surface area contributed by atoms with Gasteiger partial charge < -0.3 is 10.8 Å². The Balaban J connectivity index is 2.73. The van der Waals surface area contributed by atoms with Crippen LogP contribution in [0.3, 0.4) is 0 Å². The van der Waals surface area contributed by atoms with Gasteiger partial charge in [0.05, 0.1) is 5.69 Å². The van der Waals surface area contributed by atoms with Crippen LogP contribution in [0.15, 0.2) is 18.2 Å². The second-order valence-electron chi connectivity index (χ2n) is 4.67. The first-order chi connectivity index (χ1) is 9.32. The number of thiophene rings is 1. The number of rotatable bonds is 3. The summed E-state index contributed by atoms with van der Waals surface area (Å²) < 4.78 is 14.0. The smallest absolute Gasteiger partial charge is 0.348 e. The molecule has 0 spiro atoms. The fourth-order valence-corrected chi connectivity index (χ4v) is 4.25. The van der Waals surface area contributed by atoms with Gasteiger partial charge in [-0.2, -0.15) is 0 Å². The first kappa shape index (κ1) is 15.2. The molecule has 0 bridgehead atoms. The maximum Gasteiger partial charge on any atom is 0.348 e. The highest BCUT2D eigenvalue weighted by molar-refractivity contribution is 14.1. The minimum atomic E-state index is -1.03. The molecule has 0 aliphatic rings. The van der Waals surface area contributed by atoms with E-state index < -0.39 is 5.97 Å². The van der Waals surface area contributed by atoms with Crippen LogP contribution < -0.4 is 5.73 Å². The molecule has 20 heavy (non-hydrogen) atoms. The average Bonchev–Trinajstić information content (AvgIpc) is 2.66. The third-order valence-electron chi connectivity index (χ3n) is 2.93. The van der Waals surface area contributed by atoms with E-state index in [2.05, 4.69) is 0 Å². The molecule has 1 heterocycles. The van der Waals surface area contributed by atoms with Crippen molar-refractivity contribution in [3.8, 4) is 10.4 Å². The molecule has 1 aromatic heterocycles. The molecular weight excluding hydrogens is 392 g/mol. The van der Waals surface area contributed by atoms with Crippen LogP contribution in [0, 0.1) is 9.39 Å². The van der Waals surface area contributed by atoms with Crippen LogP contribution in [-0.4, -0.2) is 11.1 Å². The molecule has 0 unspecified atom stereocenters. The summed E-state index contributed by atoms with van der Waals surface area (Å²) in [6.07, 6.45) is 0. The lowest BCUT2D eigenvalue weighted by Gasteiger charge is -2.10. The molecule has 0 atom stereocenters. The first-order valence-corrected chi connectivity index (χ1v) is 7.83. The van der Waals surface area contributed by atoms with E-state index in [9.17, 15) is 14.3 Å². The number of carbonyl (C=O) groups is 1. The Hall–Kier alpha value is -1.15. The zero-order valence-corrected chi connectivity index (χ0v) is 13.9. The second-order valence-corrected chi connectivity index (χ2v) is 6.85. The molecule has 106 valence electrons. The molecule has 3 nitrogen and oxygen atoms in total. The molecule has 6 heteroatoms. The van der Waals surface area contributed by atoms with E-state index in [0.717, 1.165) is 30.9 Å². The van der Waals surface area contributed by atoms with Crippen LogP contribution in [0.2, 0.25) is 0 Å². The summed E-state index contributed by atoms with van der Waals surface area (Å²) in [5.74, 6) is -1.25. The van der Waals surface area contributed by atoms with Gasteiger partial charge in [0.1, 0.15) is 10.7 Å². The van der Waals surface area contributed by atoms with Gasteiger partial charge in [0.2, 0.25) is 0 Å².